The lowest BCUT2D eigenvalue weighted by Crippen LogP contribution is -2.17. The number of alkyl halides is 3. The van der Waals surface area contributed by atoms with Gasteiger partial charge in [0.1, 0.15) is 0 Å². The first-order chi connectivity index (χ1) is 13.3. The quantitative estimate of drug-likeness (QED) is 0.735. The fourth-order valence-corrected chi connectivity index (χ4v) is 2.67. The Labute approximate surface area is 157 Å². The van der Waals surface area contributed by atoms with E-state index in [9.17, 15) is 18.0 Å². The van der Waals surface area contributed by atoms with Gasteiger partial charge in [0, 0.05) is 36.3 Å². The van der Waals surface area contributed by atoms with E-state index in [2.05, 4.69) is 25.9 Å². The predicted molar refractivity (Wildman–Crippen MR) is 92.4 cm³/mol. The molecule has 3 aromatic heterocycles. The molecule has 3 aromatic rings. The first kappa shape index (κ1) is 19.4. The lowest BCUT2D eigenvalue weighted by molar-refractivity contribution is -0.212. The van der Waals surface area contributed by atoms with Gasteiger partial charge in [0.25, 0.3) is 5.91 Å². The van der Waals surface area contributed by atoms with Crippen molar-refractivity contribution >= 4 is 5.91 Å². The summed E-state index contributed by atoms with van der Waals surface area (Å²) < 4.78 is 42.3. The van der Waals surface area contributed by atoms with E-state index in [1.165, 1.54) is 12.1 Å². The minimum atomic E-state index is -4.60. The predicted octanol–water partition coefficient (Wildman–Crippen LogP) is 2.36. The van der Waals surface area contributed by atoms with Gasteiger partial charge in [-0.1, -0.05) is 0 Å². The number of aromatic nitrogens is 5. The molecule has 4 heterocycles. The Kier molecular flexibility index (Phi) is 5.34. The van der Waals surface area contributed by atoms with Crippen molar-refractivity contribution in [1.82, 2.24) is 24.5 Å². The van der Waals surface area contributed by atoms with E-state index >= 15 is 0 Å². The summed E-state index contributed by atoms with van der Waals surface area (Å²) in [4.78, 5) is 14.4. The van der Waals surface area contributed by atoms with Crippen LogP contribution in [0.5, 0.6) is 5.88 Å². The Hall–Kier alpha value is -3.37. The van der Waals surface area contributed by atoms with Crippen LogP contribution in [0.1, 0.15) is 22.5 Å². The average Bonchev–Trinajstić information content (AvgIpc) is 3.37. The van der Waals surface area contributed by atoms with Crippen molar-refractivity contribution < 1.29 is 22.7 Å². The third kappa shape index (κ3) is 4.30. The number of nitrogens with two attached hydrogens (primary N) is 1. The maximum atomic E-state index is 11.8. The van der Waals surface area contributed by atoms with Crippen molar-refractivity contribution in [3.05, 3.63) is 48.0 Å². The molecule has 4 rings (SSSR count). The molecular formula is C17H17F3N6O2. The van der Waals surface area contributed by atoms with Gasteiger partial charge in [0.15, 0.2) is 0 Å². The molecule has 1 aliphatic heterocycles. The molecule has 0 radical (unpaired) electrons. The monoisotopic (exact) mass is 394 g/mol. The molecule has 0 atom stereocenters. The lowest BCUT2D eigenvalue weighted by atomic mass is 10.2. The highest BCUT2D eigenvalue weighted by molar-refractivity contribution is 5.92. The van der Waals surface area contributed by atoms with Crippen LogP contribution in [0.3, 0.4) is 0 Å². The Morgan fingerprint density at radius 2 is 2.11 bits per heavy atom. The van der Waals surface area contributed by atoms with E-state index in [1.54, 1.807) is 13.3 Å². The van der Waals surface area contributed by atoms with E-state index < -0.39 is 12.2 Å². The third-order valence-electron chi connectivity index (χ3n) is 4.03. The zero-order valence-corrected chi connectivity index (χ0v) is 14.8. The van der Waals surface area contributed by atoms with Crippen molar-refractivity contribution in [3.63, 3.8) is 0 Å². The van der Waals surface area contributed by atoms with Crippen LogP contribution in [-0.2, 0) is 19.3 Å². The highest BCUT2D eigenvalue weighted by Gasteiger charge is 2.31. The van der Waals surface area contributed by atoms with Gasteiger partial charge >= 0.3 is 6.30 Å². The largest absolute Gasteiger partial charge is 0.504 e. The highest BCUT2D eigenvalue weighted by atomic mass is 19.4. The zero-order chi connectivity index (χ0) is 20.3. The van der Waals surface area contributed by atoms with Crippen molar-refractivity contribution in [2.45, 2.75) is 25.7 Å². The first-order valence-corrected chi connectivity index (χ1v) is 8.26. The summed E-state index contributed by atoms with van der Waals surface area (Å²) in [6.45, 7) is 1.04. The van der Waals surface area contributed by atoms with Crippen LogP contribution in [0, 0.1) is 0 Å². The number of rotatable bonds is 3. The summed E-state index contributed by atoms with van der Waals surface area (Å²) in [7, 11) is 1.62. The van der Waals surface area contributed by atoms with Crippen molar-refractivity contribution in [2.24, 2.45) is 5.73 Å². The number of methoxy groups -OCH3 is 1. The summed E-state index contributed by atoms with van der Waals surface area (Å²) >= 11 is 0. The molecule has 0 saturated heterocycles. The van der Waals surface area contributed by atoms with Crippen LogP contribution in [0.15, 0.2) is 36.8 Å². The number of carbonyl (C=O) groups excluding carboxylic acids is 1. The van der Waals surface area contributed by atoms with Gasteiger partial charge in [-0.3, -0.25) is 9.48 Å². The van der Waals surface area contributed by atoms with Gasteiger partial charge in [0.2, 0.25) is 5.88 Å². The molecule has 0 fully saturated rings. The summed E-state index contributed by atoms with van der Waals surface area (Å²) in [6, 6.07) is 6.03. The molecule has 0 aliphatic carbocycles. The standard InChI is InChI=1S/C12H13N3O.C5H4F3N3O/c1-16-12-7-9(4-5-13-12)11-8-10-3-2-6-15(10)14-11;6-5(7,8)11-2-3(1-10-11)4(9)12/h4-5,7-8H,2-3,6H2,1H3;1-2H,(H2,9,12). The maximum Gasteiger partial charge on any atom is 0.504 e. The second kappa shape index (κ2) is 7.71. The normalized spacial score (nSPS) is 12.9. The van der Waals surface area contributed by atoms with Gasteiger partial charge in [-0.15, -0.1) is 13.2 Å². The molecule has 0 spiro atoms. The van der Waals surface area contributed by atoms with Gasteiger partial charge in [-0.25, -0.2) is 4.98 Å². The second-order valence-electron chi connectivity index (χ2n) is 5.94. The van der Waals surface area contributed by atoms with Gasteiger partial charge in [-0.2, -0.15) is 14.9 Å². The molecule has 1 amide bonds. The number of carbonyl (C=O) groups is 1. The minimum Gasteiger partial charge on any atom is -0.481 e. The third-order valence-corrected chi connectivity index (χ3v) is 4.03. The molecule has 11 heteroatoms. The molecule has 28 heavy (non-hydrogen) atoms. The Balaban J connectivity index is 0.000000169. The molecule has 0 saturated carbocycles. The van der Waals surface area contributed by atoms with E-state index in [1.807, 2.05) is 12.1 Å². The number of fused-ring (bicyclic) bond motifs is 1. The smallest absolute Gasteiger partial charge is 0.481 e. The lowest BCUT2D eigenvalue weighted by Gasteiger charge is -2.03. The van der Waals surface area contributed by atoms with E-state index in [0.717, 1.165) is 30.4 Å². The minimum absolute atomic E-state index is 0.271. The van der Waals surface area contributed by atoms with Crippen molar-refractivity contribution in [3.8, 4) is 17.1 Å². The van der Waals surface area contributed by atoms with Crippen LogP contribution in [0.4, 0.5) is 13.2 Å². The number of nitrogens with zero attached hydrogens (tertiary/aromatic N) is 5. The number of pyridine rings is 1. The molecule has 2 N–H and O–H groups in total. The summed E-state index contributed by atoms with van der Waals surface area (Å²) in [5.74, 6) is -0.309. The van der Waals surface area contributed by atoms with Gasteiger partial charge in [0.05, 0.1) is 24.6 Å². The molecule has 148 valence electrons. The van der Waals surface area contributed by atoms with E-state index in [0.29, 0.717) is 12.1 Å². The number of primary amides is 1. The van der Waals surface area contributed by atoms with Gasteiger partial charge in [-0.05, 0) is 25.0 Å². The van der Waals surface area contributed by atoms with Crippen LogP contribution >= 0.6 is 0 Å². The molecule has 0 bridgehead atoms. The number of amides is 1. The van der Waals surface area contributed by atoms with Crippen molar-refractivity contribution in [1.29, 1.82) is 0 Å². The number of aryl methyl sites for hydroxylation is 2. The fourth-order valence-electron chi connectivity index (χ4n) is 2.67. The topological polar surface area (TPSA) is 101 Å². The number of hydrogen-bond donors (Lipinski definition) is 1. The number of halogens is 3. The summed E-state index contributed by atoms with van der Waals surface area (Å²) in [5.41, 5.74) is 7.84. The number of ether oxygens (including phenoxy) is 1. The highest BCUT2D eigenvalue weighted by Crippen LogP contribution is 2.25. The molecule has 0 aromatic carbocycles. The summed E-state index contributed by atoms with van der Waals surface area (Å²) in [5, 5.41) is 7.47. The van der Waals surface area contributed by atoms with E-state index in [-0.39, 0.29) is 10.2 Å². The molecule has 8 nitrogen and oxygen atoms in total. The van der Waals surface area contributed by atoms with Gasteiger partial charge < -0.3 is 10.5 Å². The van der Waals surface area contributed by atoms with Crippen LogP contribution < -0.4 is 10.5 Å². The molecular weight excluding hydrogens is 377 g/mol. The van der Waals surface area contributed by atoms with Crippen molar-refractivity contribution in [2.75, 3.05) is 7.11 Å². The van der Waals surface area contributed by atoms with Crippen LogP contribution in [-0.4, -0.2) is 37.6 Å². The number of hydrogen-bond acceptors (Lipinski definition) is 5. The Morgan fingerprint density at radius 1 is 1.32 bits per heavy atom. The fraction of sp³-hybridized carbons (Fsp3) is 0.294. The van der Waals surface area contributed by atoms with Crippen LogP contribution in [0.25, 0.3) is 11.3 Å². The van der Waals surface area contributed by atoms with E-state index in [4.69, 9.17) is 10.5 Å². The summed E-state index contributed by atoms with van der Waals surface area (Å²) in [6.07, 6.45) is 0.780. The molecule has 1 aliphatic rings. The molecule has 0 unspecified atom stereocenters. The second-order valence-corrected chi connectivity index (χ2v) is 5.94. The average molecular weight is 394 g/mol. The first-order valence-electron chi connectivity index (χ1n) is 8.26. The Morgan fingerprint density at radius 3 is 2.68 bits per heavy atom. The SMILES string of the molecule is COc1cc(-c2cc3n(n2)CCC3)ccn1.NC(=O)c1cnn(C(F)(F)F)c1. The Bertz CT molecular complexity index is 958. The zero-order valence-electron chi connectivity index (χ0n) is 14.8. The van der Waals surface area contributed by atoms with Crippen LogP contribution in [0.2, 0.25) is 0 Å². The maximum absolute atomic E-state index is 11.8.